The van der Waals surface area contributed by atoms with E-state index in [4.69, 9.17) is 22.4 Å². The van der Waals surface area contributed by atoms with Crippen LogP contribution in [0.15, 0.2) is 0 Å². The Balaban J connectivity index is 6.20. The highest BCUT2D eigenvalue weighted by molar-refractivity contribution is 8.89. The highest BCUT2D eigenvalue weighted by atomic mass is 33.6. The average Bonchev–Trinajstić information content (AvgIpc) is 1.70. The minimum Gasteiger partial charge on any atom is 0 e. The third kappa shape index (κ3) is 144. The lowest BCUT2D eigenvalue weighted by Crippen LogP contribution is -1.42. The van der Waals surface area contributed by atoms with Crippen molar-refractivity contribution in [2.75, 3.05) is 0 Å². The van der Waals surface area contributed by atoms with E-state index < -0.39 is 0 Å². The van der Waals surface area contributed by atoms with Gasteiger partial charge in [-0.3, -0.25) is 0 Å². The fourth-order valence-electron chi connectivity index (χ4n) is 1.30. The van der Waals surface area contributed by atoms with Crippen molar-refractivity contribution < 1.29 is 0 Å². The summed E-state index contributed by atoms with van der Waals surface area (Å²) in [7, 11) is 212. The van der Waals surface area contributed by atoms with Gasteiger partial charge >= 0.3 is 0 Å². The van der Waals surface area contributed by atoms with Gasteiger partial charge in [0.1, 0.15) is 0 Å². The second-order valence-electron chi connectivity index (χ2n) is 7.96. The summed E-state index contributed by atoms with van der Waals surface area (Å²) in [5.74, 6) is 0. The summed E-state index contributed by atoms with van der Waals surface area (Å²) in [5, 5.41) is 0. The topological polar surface area (TPSA) is 0 Å². The summed E-state index contributed by atoms with van der Waals surface area (Å²) in [6.07, 6.45) is 0. The van der Waals surface area contributed by atoms with Crippen LogP contribution >= 0.6 is 0 Å². The Morgan fingerprint density at radius 3 is 0.0924 bits per heavy atom. The van der Waals surface area contributed by atoms with Crippen LogP contribution in [0.25, 0.3) is 0 Å². The van der Waals surface area contributed by atoms with E-state index in [0.29, 0.717) is 0 Å². The van der Waals surface area contributed by atoms with Crippen LogP contribution in [-0.2, 0) is 1060 Å². The van der Waals surface area contributed by atoms with Gasteiger partial charge in [0, 0.05) is 1060 Å². The van der Waals surface area contributed by atoms with Crippen molar-refractivity contribution in [1.82, 2.24) is 0 Å². The molecule has 0 bridgehead atoms. The molecular weight excluding hydrogens is 3820 g/mol. The predicted molar refractivity (Wildman–Crippen MR) is 876 cm³/mol. The molecule has 0 spiro atoms. The van der Waals surface area contributed by atoms with E-state index >= 15 is 0 Å². The van der Waals surface area contributed by atoms with Crippen molar-refractivity contribution in [3.63, 3.8) is 0 Å². The molecule has 0 aromatic carbocycles. The Morgan fingerprint density at radius 2 is 0.0672 bits per heavy atom. The molecule has 0 heterocycles. The lowest BCUT2D eigenvalue weighted by atomic mass is 30.7. The number of hydrogen-bond donors (Lipinski definition) is 0. The summed E-state index contributed by atoms with van der Waals surface area (Å²) in [6.45, 7) is 0. The molecule has 0 nitrogen and oxygen atoms in total. The van der Waals surface area contributed by atoms with Crippen molar-refractivity contribution in [3.8, 4) is 0 Å². The maximum absolute atomic E-state index is 4.83. The second-order valence-corrected chi connectivity index (χ2v) is 215. The van der Waals surface area contributed by atoms with Gasteiger partial charge < -0.3 is 0 Å². The monoisotopic (exact) mass is 3800 g/mol. The molecule has 0 aliphatic rings. The third-order valence-corrected chi connectivity index (χ3v) is 261. The first-order valence-corrected chi connectivity index (χ1v) is 177. The van der Waals surface area contributed by atoms with E-state index in [1.807, 2.05) is 915 Å². The molecule has 0 unspecified atom stereocenters. The molecule has 0 aliphatic heterocycles. The Bertz CT molecular complexity index is 8940. The zero-order valence-corrected chi connectivity index (χ0v) is 146. The van der Waals surface area contributed by atoms with Gasteiger partial charge in [0.25, 0.3) is 0 Å². The number of rotatable bonds is 0. The molecule has 0 aromatic heterocycles. The molecule has 0 atom stereocenters. The first-order valence-electron chi connectivity index (χ1n) is 19.7. The van der Waals surface area contributed by atoms with Gasteiger partial charge in [-0.1, -0.05) is 0 Å². The molecule has 0 aromatic rings. The van der Waals surface area contributed by atoms with Crippen molar-refractivity contribution >= 4 is 1060 Å². The first kappa shape index (κ1) is 145. The van der Waals surface area contributed by atoms with Crippen LogP contribution in [-0.4, -0.2) is 0 Å². The lowest BCUT2D eigenvalue weighted by molar-refractivity contribution is 5.95. The van der Waals surface area contributed by atoms with Crippen LogP contribution < -0.4 is 0 Å². The van der Waals surface area contributed by atoms with Crippen LogP contribution in [0, 0.1) is 0 Å². The lowest BCUT2D eigenvalue weighted by Gasteiger charge is -1.41. The summed E-state index contributed by atoms with van der Waals surface area (Å²) >= 11 is 9.67. The Labute approximate surface area is 1030 Å². The normalized spacial score (nSPS) is 7.90. The van der Waals surface area contributed by atoms with Crippen LogP contribution in [0.3, 0.4) is 0 Å². The van der Waals surface area contributed by atoms with E-state index in [0.717, 1.165) is 0 Å². The standard InChI is InChI=1S/S119/c1-3-5-7-9-11-13-15-17-19-21-23-25-27-29-31-33-35-37-39-41-43-45-47-49-51-53-55-57-59-61-63-65-67-69-71-73-75-77-79-81-83-85-87-89-91-93-95-97-99-101-103-105-107-109-111-113-115-117-119-118-116-114-112-110-108-106-104-102-100-98-96-94-92-90-88-86-84-82-80-78-76-74-72-70-68-66-64-62-60-58-56-54-52-50-48-46-44-42-40-38-36-34-32-30-28-26-24-22-20-18-16-14-12-10-8-6-4-2. The second kappa shape index (κ2) is 144. The van der Waals surface area contributed by atoms with Gasteiger partial charge in [0.05, 0.1) is 0 Å². The zero-order chi connectivity index (χ0) is 84.7. The Morgan fingerprint density at radius 1 is 0.0420 bits per heavy atom. The minimum absolute atomic E-state index is 1.37. The highest BCUT2D eigenvalue weighted by Gasteiger charge is 1.53. The van der Waals surface area contributed by atoms with Gasteiger partial charge in [0.15, 0.2) is 0 Å². The summed E-state index contributed by atoms with van der Waals surface area (Å²) < 4.78 is 0. The van der Waals surface area contributed by atoms with Crippen LogP contribution in [0.2, 0.25) is 0 Å². The molecule has 0 rings (SSSR count). The highest BCUT2D eigenvalue weighted by Crippen LogP contribution is 1.52. The molecule has 0 amide bonds. The first-order chi connectivity index (χ1) is 59.4. The smallest absolute Gasteiger partial charge is 0 e. The largest absolute Gasteiger partial charge is 0 e. The molecule has 714 valence electrons. The molecule has 119 heavy (non-hydrogen) atoms. The molecule has 0 saturated carbocycles. The van der Waals surface area contributed by atoms with Gasteiger partial charge in [-0.25, -0.2) is 0 Å². The van der Waals surface area contributed by atoms with Crippen LogP contribution in [0.1, 0.15) is 0 Å². The minimum atomic E-state index is 1.37. The van der Waals surface area contributed by atoms with Gasteiger partial charge in [-0.15, -0.1) is 0 Å². The van der Waals surface area contributed by atoms with Crippen molar-refractivity contribution in [3.05, 3.63) is 0 Å². The fourth-order valence-corrected chi connectivity index (χ4v) is 317. The van der Waals surface area contributed by atoms with Crippen molar-refractivity contribution in [2.45, 2.75) is 0 Å². The Hall–Kier alpha value is 26.2. The predicted octanol–water partition coefficient (Wildman–Crippen LogP) is -0.286. The molecule has 0 radical (unpaired) electrons. The summed E-state index contributed by atoms with van der Waals surface area (Å²) in [6, 6.07) is 0. The average molecular weight is 3820 g/mol. The van der Waals surface area contributed by atoms with Gasteiger partial charge in [-0.2, -0.15) is 0 Å². The van der Waals surface area contributed by atoms with Gasteiger partial charge in [0.2, 0.25) is 0 Å². The Kier molecular flexibility index (Phi) is 176. The molecule has 0 N–H and O–H groups in total. The number of hydrogen-bond acceptors (Lipinski definition) is 2. The maximum atomic E-state index is 4.83. The summed E-state index contributed by atoms with van der Waals surface area (Å²) in [5.41, 5.74) is 0. The van der Waals surface area contributed by atoms with E-state index in [-0.39, 0.29) is 0 Å². The SMILES string of the molecule is S=S=S=S=S=S=S=S=S=S=S=S=S=S=S=S=S=S=S=S=S=S=S=S=S=S=S=S=S=S=S=S=S=S=S=S=S=S=S=S=S=S=S=S=S=S=S=S=S=S=S=S=S=S=S=S=S=S=S=S=S=S=S=S=S=S=S=S=S=S=S=S=S=S=S=S=S=S=S=S=S=S=S=S=S=S=S=S=S=S=S=S=S=S=S=S=S=S=S=S=S=S=S=S=S=S=S=S=S=S=S=S=S=S=S=S=S=S=S. The van der Waals surface area contributed by atoms with Crippen LogP contribution in [0.4, 0.5) is 0 Å². The van der Waals surface area contributed by atoms with E-state index in [1.54, 1.807) is 107 Å². The van der Waals surface area contributed by atoms with E-state index in [1.165, 1.54) is 17.8 Å². The maximum Gasteiger partial charge on any atom is 0 e. The molecule has 119 heteroatoms. The molecular formula is S119. The molecule has 0 aliphatic carbocycles. The fraction of sp³-hybridized carbons (Fsp3) is 0. The molecule has 0 saturated heterocycles. The van der Waals surface area contributed by atoms with Crippen molar-refractivity contribution in [1.29, 1.82) is 0 Å². The van der Waals surface area contributed by atoms with Crippen molar-refractivity contribution in [2.24, 2.45) is 0 Å². The quantitative estimate of drug-likeness (QED) is 0.328. The van der Waals surface area contributed by atoms with Gasteiger partial charge in [-0.05, 0) is 0 Å². The van der Waals surface area contributed by atoms with E-state index in [2.05, 4.69) is 0 Å². The third-order valence-electron chi connectivity index (χ3n) is 3.22. The molecule has 0 fully saturated rings. The summed E-state index contributed by atoms with van der Waals surface area (Å²) in [4.78, 5) is 0. The van der Waals surface area contributed by atoms with Crippen LogP contribution in [0.5, 0.6) is 0 Å². The zero-order valence-electron chi connectivity index (χ0n) is 48.6. The van der Waals surface area contributed by atoms with E-state index in [9.17, 15) is 0 Å².